The van der Waals surface area contributed by atoms with Crippen LogP contribution in [0, 0.1) is 0 Å². The molecule has 4 rings (SSSR count). The van der Waals surface area contributed by atoms with Crippen LogP contribution in [0.15, 0.2) is 0 Å². The molecule has 4 fully saturated rings. The molecule has 0 aromatic rings. The summed E-state index contributed by atoms with van der Waals surface area (Å²) in [6.45, 7) is 2.21. The first-order valence-electron chi connectivity index (χ1n) is 21.5. The van der Waals surface area contributed by atoms with E-state index in [1.54, 1.807) is 4.90 Å². The zero-order valence-electron chi connectivity index (χ0n) is 35.4. The van der Waals surface area contributed by atoms with Crippen LogP contribution in [0.3, 0.4) is 0 Å². The highest BCUT2D eigenvalue weighted by Crippen LogP contribution is 2.39. The first kappa shape index (κ1) is 52.8. The van der Waals surface area contributed by atoms with Gasteiger partial charge in [0, 0.05) is 19.9 Å². The van der Waals surface area contributed by atoms with Gasteiger partial charge in [0.1, 0.15) is 73.2 Å². The Hall–Kier alpha value is -1.82. The minimum atomic E-state index is -3.06. The molecule has 362 valence electrons. The third-order valence-electron chi connectivity index (χ3n) is 12.2. The minimum absolute atomic E-state index is 0.125. The van der Waals surface area contributed by atoms with Gasteiger partial charge < -0.3 is 100 Å². The van der Waals surface area contributed by atoms with Gasteiger partial charge in [-0.3, -0.25) is 9.69 Å². The number of unbranched alkanes of at least 4 members (excludes halogenated alkanes) is 7. The highest BCUT2D eigenvalue weighted by Gasteiger charge is 2.60. The molecule has 0 radical (unpaired) electrons. The second-order valence-corrected chi connectivity index (χ2v) is 16.8. The van der Waals surface area contributed by atoms with Crippen molar-refractivity contribution in [2.24, 2.45) is 0 Å². The first-order chi connectivity index (χ1) is 29.4. The second-order valence-electron chi connectivity index (χ2n) is 16.8. The largest absolute Gasteiger partial charge is 0.477 e. The molecular formula is C39H70N2O21. The SMILES string of the molecule is CCCCCCCCCCN1C[C@H](O)[C@@H](O[C@@H]2O[C@H](CO)[C@H](O)[C@H](O[C@]3(C(=O)O)C[C@H](O)[C@@H](NC(C)=O)[C@H](C(O)C(O)CO)O3)[C@H]2O)[C@H](O[C@@H]2O[C@@H](C)[C@@H](O)[C@@H](O)[C@@H]2O)[C@H]1CO. The van der Waals surface area contributed by atoms with Gasteiger partial charge in [-0.1, -0.05) is 51.9 Å². The molecule has 0 bridgehead atoms. The number of β-amino-alcohol motifs (C(OH)–C–C–N with tert-alkyl or cyclic N) is 1. The van der Waals surface area contributed by atoms with Crippen LogP contribution in [-0.4, -0.2) is 238 Å². The number of aliphatic carboxylic acids is 1. The molecule has 0 aromatic heterocycles. The molecule has 4 aliphatic heterocycles. The Morgan fingerprint density at radius 1 is 0.774 bits per heavy atom. The van der Waals surface area contributed by atoms with Crippen LogP contribution in [0.4, 0.5) is 0 Å². The van der Waals surface area contributed by atoms with Gasteiger partial charge in [0.2, 0.25) is 5.91 Å². The molecule has 0 aromatic carbocycles. The highest BCUT2D eigenvalue weighted by atomic mass is 16.8. The van der Waals surface area contributed by atoms with Gasteiger partial charge in [0.15, 0.2) is 12.6 Å². The smallest absolute Gasteiger partial charge is 0.364 e. The van der Waals surface area contributed by atoms with Gasteiger partial charge in [-0.05, 0) is 19.9 Å². The van der Waals surface area contributed by atoms with Crippen LogP contribution < -0.4 is 5.32 Å². The summed E-state index contributed by atoms with van der Waals surface area (Å²) in [7, 11) is 0. The Morgan fingerprint density at radius 3 is 1.97 bits per heavy atom. The standard InChI is InChI=1S/C39H70N2O21/c1-4-5-6-7-8-9-10-11-12-41-14-22(47)33(32(20(41)15-42)59-36-30(53)29(52)26(49)18(2)57-36)60-37-31(54)35(28(51)24(17-44)58-37)62-39(38(55)56)13-21(46)25(40-19(3)45)34(61-39)27(50)23(48)16-43/h18,20-37,42-44,46-54H,4-17H2,1-3H3,(H,40,45)(H,55,56)/t18-,20+,21-,22-,23?,24+,25+,26+,27?,28-,29+,30-,31+,32+,33+,34+,35-,36-,37-,39-/m0/s1. The number of amides is 1. The van der Waals surface area contributed by atoms with Gasteiger partial charge in [0.25, 0.3) is 5.79 Å². The van der Waals surface area contributed by atoms with E-state index >= 15 is 0 Å². The number of aliphatic hydroxyl groups excluding tert-OH is 12. The molecule has 4 saturated heterocycles. The lowest BCUT2D eigenvalue weighted by Crippen LogP contribution is -2.71. The number of piperidine rings is 1. The number of nitrogens with zero attached hydrogens (tertiary/aromatic N) is 1. The predicted molar refractivity (Wildman–Crippen MR) is 208 cm³/mol. The average molecular weight is 903 g/mol. The van der Waals surface area contributed by atoms with E-state index in [9.17, 15) is 76.0 Å². The van der Waals surface area contributed by atoms with Crippen LogP contribution >= 0.6 is 0 Å². The van der Waals surface area contributed by atoms with E-state index in [2.05, 4.69) is 12.2 Å². The monoisotopic (exact) mass is 902 g/mol. The number of likely N-dealkylation sites (tertiary alicyclic amines) is 1. The summed E-state index contributed by atoms with van der Waals surface area (Å²) in [5.74, 6) is -5.78. The maximum Gasteiger partial charge on any atom is 0.364 e. The molecule has 0 spiro atoms. The molecule has 4 aliphatic rings. The molecule has 2 unspecified atom stereocenters. The van der Waals surface area contributed by atoms with Crippen molar-refractivity contribution in [3.05, 3.63) is 0 Å². The van der Waals surface area contributed by atoms with Crippen molar-refractivity contribution in [3.63, 3.8) is 0 Å². The van der Waals surface area contributed by atoms with Crippen molar-refractivity contribution in [3.8, 4) is 0 Å². The predicted octanol–water partition coefficient (Wildman–Crippen LogP) is -5.26. The Bertz CT molecular complexity index is 1370. The number of hydrogen-bond acceptors (Lipinski definition) is 21. The van der Waals surface area contributed by atoms with Crippen molar-refractivity contribution in [2.75, 3.05) is 32.9 Å². The summed E-state index contributed by atoms with van der Waals surface area (Å²) in [6, 6.07) is -2.56. The van der Waals surface area contributed by atoms with Gasteiger partial charge in [-0.15, -0.1) is 0 Å². The summed E-state index contributed by atoms with van der Waals surface area (Å²) in [5, 5.41) is 142. The number of carbonyl (C=O) groups is 2. The lowest BCUT2D eigenvalue weighted by molar-refractivity contribution is -0.383. The quantitative estimate of drug-likeness (QED) is 0.0451. The number of nitrogens with one attached hydrogen (secondary N) is 1. The average Bonchev–Trinajstić information content (AvgIpc) is 3.23. The van der Waals surface area contributed by atoms with Crippen LogP contribution in [0.2, 0.25) is 0 Å². The Balaban J connectivity index is 1.63. The number of carboxylic acids is 1. The van der Waals surface area contributed by atoms with Crippen molar-refractivity contribution in [1.82, 2.24) is 10.2 Å². The molecule has 0 aliphatic carbocycles. The fraction of sp³-hybridized carbons (Fsp3) is 0.949. The lowest BCUT2D eigenvalue weighted by atomic mass is 9.88. The highest BCUT2D eigenvalue weighted by molar-refractivity contribution is 5.76. The minimum Gasteiger partial charge on any atom is -0.477 e. The van der Waals surface area contributed by atoms with E-state index in [0.29, 0.717) is 13.0 Å². The number of aliphatic hydroxyl groups is 12. The van der Waals surface area contributed by atoms with E-state index in [1.165, 1.54) is 6.92 Å². The molecule has 23 nitrogen and oxygen atoms in total. The van der Waals surface area contributed by atoms with E-state index in [-0.39, 0.29) is 6.54 Å². The van der Waals surface area contributed by atoms with Crippen molar-refractivity contribution in [2.45, 2.75) is 201 Å². The number of ether oxygens (including phenoxy) is 6. The fourth-order valence-electron chi connectivity index (χ4n) is 8.60. The van der Waals surface area contributed by atoms with Crippen LogP contribution in [0.25, 0.3) is 0 Å². The summed E-state index contributed by atoms with van der Waals surface area (Å²) in [5.41, 5.74) is 0. The van der Waals surface area contributed by atoms with Crippen molar-refractivity contribution in [1.29, 1.82) is 0 Å². The number of carboxylic acid groups (broad SMARTS) is 1. The van der Waals surface area contributed by atoms with Crippen molar-refractivity contribution >= 4 is 11.9 Å². The molecule has 14 N–H and O–H groups in total. The zero-order chi connectivity index (χ0) is 46.1. The van der Waals surface area contributed by atoms with Crippen LogP contribution in [0.1, 0.15) is 78.6 Å². The molecule has 1 amide bonds. The maximum absolute atomic E-state index is 13.0. The van der Waals surface area contributed by atoms with Gasteiger partial charge >= 0.3 is 5.97 Å². The normalized spacial score (nSPS) is 41.7. The third kappa shape index (κ3) is 12.5. The first-order valence-corrected chi connectivity index (χ1v) is 21.5. The third-order valence-corrected chi connectivity index (χ3v) is 12.2. The van der Waals surface area contributed by atoms with E-state index in [1.807, 2.05) is 0 Å². The van der Waals surface area contributed by atoms with Gasteiger partial charge in [0.05, 0.1) is 50.2 Å². The van der Waals surface area contributed by atoms with Crippen molar-refractivity contribution < 1.29 is 104 Å². The van der Waals surface area contributed by atoms with Crippen LogP contribution in [0.5, 0.6) is 0 Å². The Morgan fingerprint density at radius 2 is 1.39 bits per heavy atom. The number of rotatable bonds is 22. The summed E-state index contributed by atoms with van der Waals surface area (Å²) < 4.78 is 35.2. The van der Waals surface area contributed by atoms with E-state index < -0.39 is 160 Å². The number of hydrogen-bond donors (Lipinski definition) is 14. The topological polar surface area (TPSA) is 368 Å². The zero-order valence-corrected chi connectivity index (χ0v) is 35.4. The summed E-state index contributed by atoms with van der Waals surface area (Å²) in [4.78, 5) is 26.7. The Labute approximate surface area is 359 Å². The maximum atomic E-state index is 13.0. The van der Waals surface area contributed by atoms with Gasteiger partial charge in [-0.2, -0.15) is 0 Å². The van der Waals surface area contributed by atoms with E-state index in [0.717, 1.165) is 51.9 Å². The summed E-state index contributed by atoms with van der Waals surface area (Å²) >= 11 is 0. The van der Waals surface area contributed by atoms with Gasteiger partial charge in [-0.25, -0.2) is 4.79 Å². The number of carbonyl (C=O) groups excluding carboxylic acids is 1. The fourth-order valence-corrected chi connectivity index (χ4v) is 8.60. The molecule has 62 heavy (non-hydrogen) atoms. The molecule has 23 heteroatoms. The van der Waals surface area contributed by atoms with E-state index in [4.69, 9.17) is 28.4 Å². The molecule has 4 heterocycles. The summed E-state index contributed by atoms with van der Waals surface area (Å²) in [6.07, 6.45) is -23.3. The molecule has 20 atom stereocenters. The molecule has 0 saturated carbocycles. The second kappa shape index (κ2) is 24.1. The molecular weight excluding hydrogens is 832 g/mol. The lowest BCUT2D eigenvalue weighted by Gasteiger charge is -2.52. The van der Waals surface area contributed by atoms with Crippen LogP contribution in [-0.2, 0) is 38.0 Å². The Kier molecular flexibility index (Phi) is 20.5.